The van der Waals surface area contributed by atoms with Gasteiger partial charge in [0.1, 0.15) is 12.2 Å². The summed E-state index contributed by atoms with van der Waals surface area (Å²) < 4.78 is 12.9. The molecule has 2 N–H and O–H groups in total. The molecule has 5 heteroatoms. The summed E-state index contributed by atoms with van der Waals surface area (Å²) in [5.74, 6) is -1.99. The van der Waals surface area contributed by atoms with Crippen LogP contribution in [0.15, 0.2) is 24.3 Å². The smallest absolute Gasteiger partial charge is 0.312 e. The molecule has 96 valence electrons. The van der Waals surface area contributed by atoms with Gasteiger partial charge >= 0.3 is 5.97 Å². The molecule has 0 aliphatic heterocycles. The van der Waals surface area contributed by atoms with E-state index >= 15 is 0 Å². The fourth-order valence-corrected chi connectivity index (χ4v) is 2.23. The Kier molecular flexibility index (Phi) is 3.32. The van der Waals surface area contributed by atoms with Gasteiger partial charge in [-0.1, -0.05) is 12.1 Å². The predicted molar refractivity (Wildman–Crippen MR) is 62.3 cm³/mol. The van der Waals surface area contributed by atoms with Crippen molar-refractivity contribution < 1.29 is 19.1 Å². The van der Waals surface area contributed by atoms with E-state index in [0.717, 1.165) is 24.8 Å². The molecule has 2 rings (SSSR count). The van der Waals surface area contributed by atoms with Crippen molar-refractivity contribution in [1.29, 1.82) is 0 Å². The zero-order chi connectivity index (χ0) is 13.2. The molecule has 1 saturated carbocycles. The van der Waals surface area contributed by atoms with Crippen LogP contribution in [0.4, 0.5) is 4.39 Å². The summed E-state index contributed by atoms with van der Waals surface area (Å²) in [4.78, 5) is 22.0. The lowest BCUT2D eigenvalue weighted by Crippen LogP contribution is -2.51. The number of carboxylic acids is 1. The van der Waals surface area contributed by atoms with E-state index in [0.29, 0.717) is 0 Å². The Balaban J connectivity index is 2.13. The number of aliphatic carboxylic acids is 1. The highest BCUT2D eigenvalue weighted by atomic mass is 19.1. The van der Waals surface area contributed by atoms with E-state index in [1.54, 1.807) is 12.1 Å². The summed E-state index contributed by atoms with van der Waals surface area (Å²) in [5, 5.41) is 11.3. The number of benzene rings is 1. The summed E-state index contributed by atoms with van der Waals surface area (Å²) in [5.41, 5.74) is 0.314. The van der Waals surface area contributed by atoms with Gasteiger partial charge in [0.25, 0.3) is 0 Å². The molecule has 18 heavy (non-hydrogen) atoms. The zero-order valence-electron chi connectivity index (χ0n) is 9.78. The lowest BCUT2D eigenvalue weighted by atomic mass is 9.71. The standard InChI is InChI=1S/C13H14FNO3/c14-10-4-2-9(3-5-10)13(6-1-7-13)15-11(16)8-12(17)18/h2-5H,1,6-8H2,(H,15,16)(H,17,18). The van der Waals surface area contributed by atoms with Crippen LogP contribution in [-0.2, 0) is 15.1 Å². The summed E-state index contributed by atoms with van der Waals surface area (Å²) in [6.07, 6.45) is 1.93. The molecule has 1 amide bonds. The van der Waals surface area contributed by atoms with Crippen LogP contribution < -0.4 is 5.32 Å². The van der Waals surface area contributed by atoms with Gasteiger partial charge in [-0.2, -0.15) is 0 Å². The van der Waals surface area contributed by atoms with E-state index in [-0.39, 0.29) is 5.82 Å². The van der Waals surface area contributed by atoms with Crippen LogP contribution >= 0.6 is 0 Å². The van der Waals surface area contributed by atoms with E-state index in [4.69, 9.17) is 5.11 Å². The van der Waals surface area contributed by atoms with E-state index in [1.165, 1.54) is 12.1 Å². The second-order valence-corrected chi connectivity index (χ2v) is 4.56. The first-order chi connectivity index (χ1) is 8.52. The number of carbonyl (C=O) groups excluding carboxylic acids is 1. The molecule has 1 aliphatic rings. The van der Waals surface area contributed by atoms with Crippen molar-refractivity contribution >= 4 is 11.9 Å². The van der Waals surface area contributed by atoms with Crippen LogP contribution in [-0.4, -0.2) is 17.0 Å². The topological polar surface area (TPSA) is 66.4 Å². The third kappa shape index (κ3) is 2.50. The van der Waals surface area contributed by atoms with Crippen LogP contribution in [0.5, 0.6) is 0 Å². The van der Waals surface area contributed by atoms with Crippen LogP contribution in [0.1, 0.15) is 31.2 Å². The van der Waals surface area contributed by atoms with Crippen LogP contribution in [0, 0.1) is 5.82 Å². The molecule has 0 bridgehead atoms. The van der Waals surface area contributed by atoms with Crippen molar-refractivity contribution in [2.24, 2.45) is 0 Å². The maximum atomic E-state index is 12.9. The number of nitrogens with one attached hydrogen (secondary N) is 1. The predicted octanol–water partition coefficient (Wildman–Crippen LogP) is 1.80. The normalized spacial score (nSPS) is 16.7. The van der Waals surface area contributed by atoms with Crippen LogP contribution in [0.2, 0.25) is 0 Å². The monoisotopic (exact) mass is 251 g/mol. The second kappa shape index (κ2) is 4.76. The molecule has 0 atom stereocenters. The van der Waals surface area contributed by atoms with E-state index in [9.17, 15) is 14.0 Å². The lowest BCUT2D eigenvalue weighted by molar-refractivity contribution is -0.141. The fourth-order valence-electron chi connectivity index (χ4n) is 2.23. The molecule has 1 aromatic carbocycles. The first-order valence-electron chi connectivity index (χ1n) is 5.81. The van der Waals surface area contributed by atoms with Crippen molar-refractivity contribution in [2.75, 3.05) is 0 Å². The quantitative estimate of drug-likeness (QED) is 0.802. The average Bonchev–Trinajstić information content (AvgIpc) is 2.24. The highest BCUT2D eigenvalue weighted by Gasteiger charge is 2.40. The van der Waals surface area contributed by atoms with E-state index < -0.39 is 23.8 Å². The Labute approximate surface area is 104 Å². The Morgan fingerprint density at radius 2 is 1.89 bits per heavy atom. The van der Waals surface area contributed by atoms with Gasteiger partial charge in [0.05, 0.1) is 5.54 Å². The second-order valence-electron chi connectivity index (χ2n) is 4.56. The SMILES string of the molecule is O=C(O)CC(=O)NC1(c2ccc(F)cc2)CCC1. The number of halogens is 1. The molecule has 0 aromatic heterocycles. The van der Waals surface area contributed by atoms with Gasteiger partial charge in [-0.25, -0.2) is 4.39 Å². The van der Waals surface area contributed by atoms with Crippen molar-refractivity contribution in [2.45, 2.75) is 31.2 Å². The number of hydrogen-bond acceptors (Lipinski definition) is 2. The molecule has 0 unspecified atom stereocenters. The van der Waals surface area contributed by atoms with Gasteiger partial charge in [-0.15, -0.1) is 0 Å². The molecule has 1 aliphatic carbocycles. The van der Waals surface area contributed by atoms with Crippen molar-refractivity contribution in [3.63, 3.8) is 0 Å². The van der Waals surface area contributed by atoms with Crippen molar-refractivity contribution in [3.05, 3.63) is 35.6 Å². The molecule has 0 heterocycles. The minimum absolute atomic E-state index is 0.329. The highest BCUT2D eigenvalue weighted by molar-refractivity contribution is 5.93. The van der Waals surface area contributed by atoms with E-state index in [1.807, 2.05) is 0 Å². The van der Waals surface area contributed by atoms with Crippen LogP contribution in [0.25, 0.3) is 0 Å². The number of amides is 1. The van der Waals surface area contributed by atoms with Gasteiger partial charge in [0.2, 0.25) is 5.91 Å². The number of carboxylic acid groups (broad SMARTS) is 1. The third-order valence-electron chi connectivity index (χ3n) is 3.29. The van der Waals surface area contributed by atoms with Gasteiger partial charge in [0, 0.05) is 0 Å². The van der Waals surface area contributed by atoms with Gasteiger partial charge in [0.15, 0.2) is 0 Å². The minimum Gasteiger partial charge on any atom is -0.481 e. The molecule has 0 radical (unpaired) electrons. The third-order valence-corrected chi connectivity index (χ3v) is 3.29. The number of hydrogen-bond donors (Lipinski definition) is 2. The summed E-state index contributed by atoms with van der Waals surface area (Å²) in [6.45, 7) is 0. The Bertz CT molecular complexity index is 466. The Morgan fingerprint density at radius 1 is 1.28 bits per heavy atom. The zero-order valence-corrected chi connectivity index (χ0v) is 9.78. The maximum absolute atomic E-state index is 12.9. The van der Waals surface area contributed by atoms with E-state index in [2.05, 4.69) is 5.32 Å². The van der Waals surface area contributed by atoms with Gasteiger partial charge in [-0.3, -0.25) is 9.59 Å². The summed E-state index contributed by atoms with van der Waals surface area (Å²) >= 11 is 0. The maximum Gasteiger partial charge on any atom is 0.312 e. The summed E-state index contributed by atoms with van der Waals surface area (Å²) in [6, 6.07) is 5.96. The molecule has 0 spiro atoms. The molecular formula is C13H14FNO3. The largest absolute Gasteiger partial charge is 0.481 e. The minimum atomic E-state index is -1.15. The fraction of sp³-hybridized carbons (Fsp3) is 0.385. The number of rotatable bonds is 4. The first kappa shape index (κ1) is 12.5. The molecular weight excluding hydrogens is 237 g/mol. The molecule has 0 saturated heterocycles. The van der Waals surface area contributed by atoms with Crippen molar-refractivity contribution in [3.8, 4) is 0 Å². The average molecular weight is 251 g/mol. The molecule has 1 aromatic rings. The Hall–Kier alpha value is -1.91. The van der Waals surface area contributed by atoms with Gasteiger partial charge in [-0.05, 0) is 37.0 Å². The number of carbonyl (C=O) groups is 2. The van der Waals surface area contributed by atoms with Crippen molar-refractivity contribution in [1.82, 2.24) is 5.32 Å². The van der Waals surface area contributed by atoms with Crippen LogP contribution in [0.3, 0.4) is 0 Å². The highest BCUT2D eigenvalue weighted by Crippen LogP contribution is 2.41. The lowest BCUT2D eigenvalue weighted by Gasteiger charge is -2.43. The molecule has 4 nitrogen and oxygen atoms in total. The first-order valence-corrected chi connectivity index (χ1v) is 5.81. The Morgan fingerprint density at radius 3 is 2.33 bits per heavy atom. The molecule has 1 fully saturated rings. The van der Waals surface area contributed by atoms with Gasteiger partial charge < -0.3 is 10.4 Å². The summed E-state index contributed by atoms with van der Waals surface area (Å²) in [7, 11) is 0.